The van der Waals surface area contributed by atoms with E-state index in [1.54, 1.807) is 17.0 Å². The lowest BCUT2D eigenvalue weighted by atomic mass is 10.0. The van der Waals surface area contributed by atoms with Gasteiger partial charge in [-0.2, -0.15) is 0 Å². The topological polar surface area (TPSA) is 113 Å². The van der Waals surface area contributed by atoms with Crippen LogP contribution in [0.3, 0.4) is 0 Å². The Bertz CT molecular complexity index is 444. The van der Waals surface area contributed by atoms with E-state index in [9.17, 15) is 9.59 Å². The molecular weight excluding hydrogens is 222 g/mol. The van der Waals surface area contributed by atoms with Crippen LogP contribution in [0.25, 0.3) is 0 Å². The number of hydrogen-bond donors (Lipinski definition) is 4. The van der Waals surface area contributed by atoms with Gasteiger partial charge in [-0.25, -0.2) is 11.7 Å². The minimum atomic E-state index is -0.549. The third kappa shape index (κ3) is 2.71. The maximum absolute atomic E-state index is 11.6. The normalized spacial score (nSPS) is 9.65. The molecule has 0 unspecified atom stereocenters. The van der Waals surface area contributed by atoms with Crippen LogP contribution < -0.4 is 27.4 Å². The van der Waals surface area contributed by atoms with Gasteiger partial charge in [0.25, 0.3) is 11.8 Å². The van der Waals surface area contributed by atoms with E-state index < -0.39 is 11.8 Å². The molecule has 0 saturated heterocycles. The van der Waals surface area contributed by atoms with Crippen LogP contribution in [-0.2, 0) is 0 Å². The third-order valence-corrected chi connectivity index (χ3v) is 2.27. The van der Waals surface area contributed by atoms with Crippen molar-refractivity contribution in [1.82, 2.24) is 10.9 Å². The molecule has 0 heterocycles. The first-order valence-corrected chi connectivity index (χ1v) is 4.84. The van der Waals surface area contributed by atoms with Crippen molar-refractivity contribution in [1.29, 1.82) is 0 Å². The molecule has 0 spiro atoms. The first-order chi connectivity index (χ1) is 8.01. The van der Waals surface area contributed by atoms with Crippen molar-refractivity contribution in [2.24, 2.45) is 11.7 Å². The van der Waals surface area contributed by atoms with E-state index in [4.69, 9.17) is 11.7 Å². The van der Waals surface area contributed by atoms with Gasteiger partial charge in [0.1, 0.15) is 0 Å². The standard InChI is InChI=1S/C10H15N5O2/c1-15(2)6-3-4-7(9(16)13-11)8(5-6)10(17)14-12/h3-5H,11-12H2,1-2H3,(H,13,16)(H,14,17). The fraction of sp³-hybridized carbons (Fsp3) is 0.200. The number of benzene rings is 1. The summed E-state index contributed by atoms with van der Waals surface area (Å²) in [5.74, 6) is 9.01. The van der Waals surface area contributed by atoms with E-state index in [2.05, 4.69) is 0 Å². The summed E-state index contributed by atoms with van der Waals surface area (Å²) in [4.78, 5) is 24.8. The molecule has 1 aromatic carbocycles. The molecule has 1 rings (SSSR count). The van der Waals surface area contributed by atoms with Crippen molar-refractivity contribution in [3.8, 4) is 0 Å². The summed E-state index contributed by atoms with van der Waals surface area (Å²) in [5, 5.41) is 0. The van der Waals surface area contributed by atoms with Crippen LogP contribution in [0.4, 0.5) is 5.69 Å². The number of nitrogens with zero attached hydrogens (tertiary/aromatic N) is 1. The maximum Gasteiger partial charge on any atom is 0.266 e. The first kappa shape index (κ1) is 12.9. The number of anilines is 1. The second kappa shape index (κ2) is 5.28. The number of hydrazine groups is 2. The highest BCUT2D eigenvalue weighted by Crippen LogP contribution is 2.18. The average Bonchev–Trinajstić information content (AvgIpc) is 2.35. The number of nitrogens with one attached hydrogen (secondary N) is 2. The quantitative estimate of drug-likeness (QED) is 0.304. The number of rotatable bonds is 3. The van der Waals surface area contributed by atoms with Gasteiger partial charge in [0.15, 0.2) is 0 Å². The summed E-state index contributed by atoms with van der Waals surface area (Å²) in [6, 6.07) is 4.78. The monoisotopic (exact) mass is 237 g/mol. The average molecular weight is 237 g/mol. The second-order valence-electron chi connectivity index (χ2n) is 3.57. The van der Waals surface area contributed by atoms with Crippen LogP contribution >= 0.6 is 0 Å². The molecule has 0 aliphatic carbocycles. The van der Waals surface area contributed by atoms with Gasteiger partial charge in [0.05, 0.1) is 11.1 Å². The highest BCUT2D eigenvalue weighted by Gasteiger charge is 2.16. The number of nitrogen functional groups attached to an aromatic ring is 2. The highest BCUT2D eigenvalue weighted by atomic mass is 16.2. The van der Waals surface area contributed by atoms with E-state index in [1.807, 2.05) is 24.9 Å². The van der Waals surface area contributed by atoms with Crippen molar-refractivity contribution in [2.75, 3.05) is 19.0 Å². The Morgan fingerprint density at radius 3 is 2.06 bits per heavy atom. The van der Waals surface area contributed by atoms with E-state index >= 15 is 0 Å². The maximum atomic E-state index is 11.6. The van der Waals surface area contributed by atoms with Crippen LogP contribution in [0.1, 0.15) is 20.7 Å². The summed E-state index contributed by atoms with van der Waals surface area (Å²) in [6.45, 7) is 0. The van der Waals surface area contributed by atoms with Gasteiger partial charge in [-0.05, 0) is 18.2 Å². The number of amides is 2. The molecule has 0 atom stereocenters. The van der Waals surface area contributed by atoms with Crippen molar-refractivity contribution in [2.45, 2.75) is 0 Å². The Kier molecular flexibility index (Phi) is 4.02. The molecule has 2 amide bonds. The van der Waals surface area contributed by atoms with Gasteiger partial charge in [-0.15, -0.1) is 0 Å². The second-order valence-corrected chi connectivity index (χ2v) is 3.57. The molecular formula is C10H15N5O2. The first-order valence-electron chi connectivity index (χ1n) is 4.84. The van der Waals surface area contributed by atoms with Gasteiger partial charge >= 0.3 is 0 Å². The SMILES string of the molecule is CN(C)c1ccc(C(=O)NN)c(C(=O)NN)c1. The van der Waals surface area contributed by atoms with Crippen molar-refractivity contribution in [3.05, 3.63) is 29.3 Å². The molecule has 6 N–H and O–H groups in total. The summed E-state index contributed by atoms with van der Waals surface area (Å²) < 4.78 is 0. The van der Waals surface area contributed by atoms with Gasteiger partial charge < -0.3 is 4.90 Å². The van der Waals surface area contributed by atoms with Crippen molar-refractivity contribution < 1.29 is 9.59 Å². The molecule has 7 heteroatoms. The minimum Gasteiger partial charge on any atom is -0.378 e. The lowest BCUT2D eigenvalue weighted by Crippen LogP contribution is -2.35. The smallest absolute Gasteiger partial charge is 0.266 e. The Hall–Kier alpha value is -2.12. The fourth-order valence-corrected chi connectivity index (χ4v) is 1.35. The van der Waals surface area contributed by atoms with Crippen LogP contribution in [0.5, 0.6) is 0 Å². The predicted molar refractivity (Wildman–Crippen MR) is 64.1 cm³/mol. The Balaban J connectivity index is 3.31. The van der Waals surface area contributed by atoms with Gasteiger partial charge in [0, 0.05) is 19.8 Å². The van der Waals surface area contributed by atoms with Gasteiger partial charge in [0.2, 0.25) is 0 Å². The molecule has 7 nitrogen and oxygen atoms in total. The van der Waals surface area contributed by atoms with Crippen LogP contribution in [0.2, 0.25) is 0 Å². The molecule has 0 fully saturated rings. The molecule has 0 aliphatic rings. The van der Waals surface area contributed by atoms with Crippen LogP contribution in [0.15, 0.2) is 18.2 Å². The Morgan fingerprint density at radius 2 is 1.59 bits per heavy atom. The molecule has 0 aromatic heterocycles. The number of carbonyl (C=O) groups is 2. The zero-order valence-corrected chi connectivity index (χ0v) is 9.65. The lowest BCUT2D eigenvalue weighted by Gasteiger charge is -2.15. The van der Waals surface area contributed by atoms with Crippen molar-refractivity contribution >= 4 is 17.5 Å². The summed E-state index contributed by atoms with van der Waals surface area (Å²) in [7, 11) is 3.64. The number of nitrogens with two attached hydrogens (primary N) is 2. The Labute approximate surface area is 98.7 Å². The molecule has 0 radical (unpaired) electrons. The third-order valence-electron chi connectivity index (χ3n) is 2.27. The summed E-state index contributed by atoms with van der Waals surface area (Å²) in [6.07, 6.45) is 0. The van der Waals surface area contributed by atoms with E-state index in [-0.39, 0.29) is 11.1 Å². The number of hydrogen-bond acceptors (Lipinski definition) is 5. The zero-order valence-electron chi connectivity index (χ0n) is 9.65. The molecule has 0 aliphatic heterocycles. The highest BCUT2D eigenvalue weighted by molar-refractivity contribution is 6.07. The number of carbonyl (C=O) groups excluding carboxylic acids is 2. The lowest BCUT2D eigenvalue weighted by molar-refractivity contribution is 0.0919. The van der Waals surface area contributed by atoms with Crippen LogP contribution in [0, 0.1) is 0 Å². The predicted octanol–water partition coefficient (Wildman–Crippen LogP) is -1.04. The van der Waals surface area contributed by atoms with E-state index in [0.717, 1.165) is 5.69 Å². The summed E-state index contributed by atoms with van der Waals surface area (Å²) in [5.41, 5.74) is 5.08. The molecule has 0 saturated carbocycles. The molecule has 92 valence electrons. The largest absolute Gasteiger partial charge is 0.378 e. The molecule has 1 aromatic rings. The van der Waals surface area contributed by atoms with E-state index in [0.29, 0.717) is 0 Å². The van der Waals surface area contributed by atoms with E-state index in [1.165, 1.54) is 6.07 Å². The fourth-order valence-electron chi connectivity index (χ4n) is 1.35. The van der Waals surface area contributed by atoms with Crippen molar-refractivity contribution in [3.63, 3.8) is 0 Å². The molecule has 0 bridgehead atoms. The van der Waals surface area contributed by atoms with Crippen LogP contribution in [-0.4, -0.2) is 25.9 Å². The van der Waals surface area contributed by atoms with Gasteiger partial charge in [-0.3, -0.25) is 20.4 Å². The minimum absolute atomic E-state index is 0.168. The zero-order chi connectivity index (χ0) is 13.0. The van der Waals surface area contributed by atoms with Gasteiger partial charge in [-0.1, -0.05) is 0 Å². The molecule has 17 heavy (non-hydrogen) atoms. The summed E-state index contributed by atoms with van der Waals surface area (Å²) >= 11 is 0. The Morgan fingerprint density at radius 1 is 1.06 bits per heavy atom.